The molecule has 150 valence electrons. The minimum atomic E-state index is -4.47. The minimum Gasteiger partial charge on any atom is -0.295 e. The molecule has 3 rings (SSSR count). The van der Waals surface area contributed by atoms with Gasteiger partial charge < -0.3 is 0 Å². The average Bonchev–Trinajstić information content (AvgIpc) is 2.73. The lowest BCUT2D eigenvalue weighted by Crippen LogP contribution is -2.36. The van der Waals surface area contributed by atoms with E-state index in [1.807, 2.05) is 0 Å². The van der Waals surface area contributed by atoms with Gasteiger partial charge in [0.05, 0.1) is 16.3 Å². The van der Waals surface area contributed by atoms with Crippen LogP contribution in [0.5, 0.6) is 0 Å². The molecule has 3 aromatic rings. The topological polar surface area (TPSA) is 88.6 Å². The van der Waals surface area contributed by atoms with Crippen LogP contribution in [0.2, 0.25) is 0 Å². The smallest absolute Gasteiger partial charge is 0.256 e. The molecule has 0 heterocycles. The Morgan fingerprint density at radius 2 is 1.24 bits per heavy atom. The zero-order valence-corrected chi connectivity index (χ0v) is 17.2. The third kappa shape index (κ3) is 4.45. The molecule has 0 aliphatic carbocycles. The second-order valence-electron chi connectivity index (χ2n) is 6.32. The third-order valence-corrected chi connectivity index (χ3v) is 8.50. The molecule has 0 N–H and O–H groups in total. The zero-order valence-electron chi connectivity index (χ0n) is 15.6. The van der Waals surface area contributed by atoms with Crippen molar-refractivity contribution >= 4 is 25.8 Å². The van der Waals surface area contributed by atoms with Crippen molar-refractivity contribution < 1.29 is 21.6 Å². The number of benzene rings is 3. The Labute approximate surface area is 170 Å². The van der Waals surface area contributed by atoms with Crippen LogP contribution in [0.25, 0.3) is 0 Å². The number of sulfonamides is 2. The predicted molar refractivity (Wildman–Crippen MR) is 109 cm³/mol. The summed E-state index contributed by atoms with van der Waals surface area (Å²) in [5, 5.41) is 0. The molecule has 0 amide bonds. The third-order valence-electron chi connectivity index (χ3n) is 4.27. The van der Waals surface area contributed by atoms with E-state index in [1.165, 1.54) is 55.5 Å². The van der Waals surface area contributed by atoms with Gasteiger partial charge in [-0.05, 0) is 36.8 Å². The average molecular weight is 430 g/mol. The number of hydrogen-bond acceptors (Lipinski definition) is 5. The second-order valence-corrected chi connectivity index (χ2v) is 10.3. The Balaban J connectivity index is 2.17. The van der Waals surface area contributed by atoms with Gasteiger partial charge in [-0.3, -0.25) is 4.79 Å². The fraction of sp³-hybridized carbons (Fsp3) is 0.0952. The van der Waals surface area contributed by atoms with Crippen molar-refractivity contribution in [3.05, 3.63) is 96.1 Å². The molecule has 0 saturated heterocycles. The van der Waals surface area contributed by atoms with Crippen molar-refractivity contribution in [2.24, 2.45) is 0 Å². The SMILES string of the molecule is CC(=O)c1cccc(S(=O)(=O)N(Cc2ccccc2)S(=O)(=O)c2ccccc2)c1. The standard InChI is InChI=1S/C21H19NO5S2/c1-17(23)19-11-8-14-21(15-19)29(26,27)22(16-18-9-4-2-5-10-18)28(24,25)20-12-6-3-7-13-20/h2-15H,16H2,1H3. The van der Waals surface area contributed by atoms with Crippen LogP contribution >= 0.6 is 0 Å². The molecule has 0 bridgehead atoms. The van der Waals surface area contributed by atoms with Crippen LogP contribution in [0.15, 0.2) is 94.7 Å². The molecular formula is C21H19NO5S2. The van der Waals surface area contributed by atoms with Crippen molar-refractivity contribution in [2.75, 3.05) is 0 Å². The second kappa shape index (κ2) is 8.28. The van der Waals surface area contributed by atoms with Gasteiger partial charge >= 0.3 is 0 Å². The Morgan fingerprint density at radius 3 is 1.83 bits per heavy atom. The van der Waals surface area contributed by atoms with Crippen LogP contribution in [0.3, 0.4) is 0 Å². The molecule has 8 heteroatoms. The summed E-state index contributed by atoms with van der Waals surface area (Å²) in [5.74, 6) is -0.317. The molecule has 0 atom stereocenters. The highest BCUT2D eigenvalue weighted by atomic mass is 32.3. The van der Waals surface area contributed by atoms with E-state index < -0.39 is 20.0 Å². The van der Waals surface area contributed by atoms with Gasteiger partial charge in [0.15, 0.2) is 5.78 Å². The van der Waals surface area contributed by atoms with Crippen LogP contribution in [0.1, 0.15) is 22.8 Å². The Morgan fingerprint density at radius 1 is 0.724 bits per heavy atom. The van der Waals surface area contributed by atoms with Crippen LogP contribution in [0, 0.1) is 0 Å². The Bertz CT molecular complexity index is 1220. The fourth-order valence-electron chi connectivity index (χ4n) is 2.73. The summed E-state index contributed by atoms with van der Waals surface area (Å²) in [7, 11) is -8.85. The van der Waals surface area contributed by atoms with E-state index in [2.05, 4.69) is 0 Å². The van der Waals surface area contributed by atoms with E-state index in [0.717, 1.165) is 0 Å². The number of nitrogens with zero attached hydrogens (tertiary/aromatic N) is 1. The molecule has 0 spiro atoms. The van der Waals surface area contributed by atoms with Gasteiger partial charge in [0, 0.05) is 5.56 Å². The minimum absolute atomic E-state index is 0.137. The highest BCUT2D eigenvalue weighted by molar-refractivity contribution is 8.04. The number of ketones is 1. The fourth-order valence-corrected chi connectivity index (χ4v) is 6.42. The predicted octanol–water partition coefficient (Wildman–Crippen LogP) is 3.47. The summed E-state index contributed by atoms with van der Waals surface area (Å²) in [6, 6.07) is 21.2. The number of rotatable bonds is 7. The zero-order chi connectivity index (χ0) is 21.1. The Hall–Kier alpha value is -2.81. The Kier molecular flexibility index (Phi) is 5.97. The molecule has 3 aromatic carbocycles. The molecule has 0 saturated carbocycles. The van der Waals surface area contributed by atoms with Crippen LogP contribution in [-0.2, 0) is 26.6 Å². The van der Waals surface area contributed by atoms with Crippen LogP contribution < -0.4 is 0 Å². The number of hydrogen-bond donors (Lipinski definition) is 0. The van der Waals surface area contributed by atoms with Gasteiger partial charge in [-0.1, -0.05) is 64.4 Å². The van der Waals surface area contributed by atoms with Gasteiger partial charge in [0.1, 0.15) is 0 Å². The normalized spacial score (nSPS) is 12.1. The molecule has 0 unspecified atom stereocenters. The van der Waals surface area contributed by atoms with Gasteiger partial charge in [0.25, 0.3) is 20.0 Å². The molecule has 0 aliphatic heterocycles. The van der Waals surface area contributed by atoms with Gasteiger partial charge in [0.2, 0.25) is 0 Å². The first-order valence-electron chi connectivity index (χ1n) is 8.71. The van der Waals surface area contributed by atoms with E-state index in [9.17, 15) is 21.6 Å². The summed E-state index contributed by atoms with van der Waals surface area (Å²) in [5.41, 5.74) is 0.696. The quantitative estimate of drug-likeness (QED) is 0.537. The highest BCUT2D eigenvalue weighted by Gasteiger charge is 2.36. The van der Waals surface area contributed by atoms with Crippen molar-refractivity contribution in [2.45, 2.75) is 23.3 Å². The van der Waals surface area contributed by atoms with Crippen molar-refractivity contribution in [3.63, 3.8) is 0 Å². The monoisotopic (exact) mass is 429 g/mol. The van der Waals surface area contributed by atoms with E-state index in [0.29, 0.717) is 9.27 Å². The first-order chi connectivity index (χ1) is 13.7. The van der Waals surface area contributed by atoms with Gasteiger partial charge in [-0.15, -0.1) is 0 Å². The summed E-state index contributed by atoms with van der Waals surface area (Å²) in [4.78, 5) is 11.3. The maximum absolute atomic E-state index is 13.4. The lowest BCUT2D eigenvalue weighted by Gasteiger charge is -2.22. The lowest BCUT2D eigenvalue weighted by molar-refractivity contribution is 0.101. The maximum Gasteiger partial charge on any atom is 0.256 e. The van der Waals surface area contributed by atoms with Crippen molar-refractivity contribution in [3.8, 4) is 0 Å². The summed E-state index contributed by atoms with van der Waals surface area (Å²) in [6.07, 6.45) is 0. The van der Waals surface area contributed by atoms with E-state index in [1.54, 1.807) is 36.4 Å². The summed E-state index contributed by atoms with van der Waals surface area (Å²) >= 11 is 0. The summed E-state index contributed by atoms with van der Waals surface area (Å²) in [6.45, 7) is 0.943. The molecule has 0 fully saturated rings. The van der Waals surface area contributed by atoms with E-state index in [4.69, 9.17) is 0 Å². The molecular weight excluding hydrogens is 410 g/mol. The van der Waals surface area contributed by atoms with Crippen molar-refractivity contribution in [1.82, 2.24) is 3.71 Å². The first kappa shape index (κ1) is 20.9. The largest absolute Gasteiger partial charge is 0.295 e. The molecule has 0 aliphatic rings. The van der Waals surface area contributed by atoms with Gasteiger partial charge in [-0.2, -0.15) is 0 Å². The molecule has 29 heavy (non-hydrogen) atoms. The molecule has 6 nitrogen and oxygen atoms in total. The van der Waals surface area contributed by atoms with Crippen LogP contribution in [-0.4, -0.2) is 26.3 Å². The highest BCUT2D eigenvalue weighted by Crippen LogP contribution is 2.27. The van der Waals surface area contributed by atoms with E-state index >= 15 is 0 Å². The first-order valence-corrected chi connectivity index (χ1v) is 11.6. The number of carbonyl (C=O) groups is 1. The van der Waals surface area contributed by atoms with Gasteiger partial charge in [-0.25, -0.2) is 16.8 Å². The number of carbonyl (C=O) groups excluding carboxylic acids is 1. The molecule has 0 aromatic heterocycles. The summed E-state index contributed by atoms with van der Waals surface area (Å²) < 4.78 is 53.7. The molecule has 0 radical (unpaired) electrons. The lowest BCUT2D eigenvalue weighted by atomic mass is 10.2. The van der Waals surface area contributed by atoms with Crippen molar-refractivity contribution in [1.29, 1.82) is 0 Å². The number of Topliss-reactive ketones (excluding diaryl/α,β-unsaturated/α-hetero) is 1. The maximum atomic E-state index is 13.4. The van der Waals surface area contributed by atoms with E-state index in [-0.39, 0.29) is 27.7 Å². The van der Waals surface area contributed by atoms with Crippen LogP contribution in [0.4, 0.5) is 0 Å².